The Kier molecular flexibility index (Phi) is 3.70. The topological polar surface area (TPSA) is 12.5 Å². The number of benzene rings is 2. The number of ether oxygens (including phenoxy) is 1. The van der Waals surface area contributed by atoms with Gasteiger partial charge in [-0.1, -0.05) is 30.3 Å². The molecule has 20 heavy (non-hydrogen) atoms. The predicted molar refractivity (Wildman–Crippen MR) is 77.2 cm³/mol. The van der Waals surface area contributed by atoms with Gasteiger partial charge in [-0.3, -0.25) is 4.90 Å². The fourth-order valence-electron chi connectivity index (χ4n) is 2.70. The summed E-state index contributed by atoms with van der Waals surface area (Å²) in [4.78, 5) is 2.30. The molecule has 3 rings (SSSR count). The molecule has 2 nitrogen and oxygen atoms in total. The standard InChI is InChI=1S/C17H18FNO/c1-20-15-7-8-16(18)14(11-15)12-19-10-9-17(19)13-5-3-2-4-6-13/h2-8,11,17H,9-10,12H2,1H3/t17-/m1/s1. The lowest BCUT2D eigenvalue weighted by Gasteiger charge is -2.41. The van der Waals surface area contributed by atoms with Crippen molar-refractivity contribution in [2.24, 2.45) is 0 Å². The van der Waals surface area contributed by atoms with Crippen LogP contribution < -0.4 is 4.74 Å². The first-order valence-electron chi connectivity index (χ1n) is 6.89. The maximum absolute atomic E-state index is 13.9. The van der Waals surface area contributed by atoms with Crippen molar-refractivity contribution >= 4 is 0 Å². The van der Waals surface area contributed by atoms with Crippen molar-refractivity contribution < 1.29 is 9.13 Å². The molecule has 2 aromatic rings. The Balaban J connectivity index is 1.75. The SMILES string of the molecule is COc1ccc(F)c(CN2CC[C@@H]2c2ccccc2)c1. The Bertz CT molecular complexity index is 585. The molecule has 0 unspecified atom stereocenters. The van der Waals surface area contributed by atoms with Gasteiger partial charge < -0.3 is 4.74 Å². The van der Waals surface area contributed by atoms with Gasteiger partial charge in [0.1, 0.15) is 11.6 Å². The van der Waals surface area contributed by atoms with E-state index in [2.05, 4.69) is 29.2 Å². The number of methoxy groups -OCH3 is 1. The van der Waals surface area contributed by atoms with Crippen molar-refractivity contribution in [3.63, 3.8) is 0 Å². The van der Waals surface area contributed by atoms with Crippen molar-refractivity contribution in [1.82, 2.24) is 4.90 Å². The molecule has 0 bridgehead atoms. The van der Waals surface area contributed by atoms with E-state index in [0.29, 0.717) is 23.9 Å². The average molecular weight is 271 g/mol. The zero-order valence-electron chi connectivity index (χ0n) is 11.6. The van der Waals surface area contributed by atoms with Crippen LogP contribution in [0.25, 0.3) is 0 Å². The molecule has 1 aliphatic heterocycles. The maximum Gasteiger partial charge on any atom is 0.127 e. The largest absolute Gasteiger partial charge is 0.497 e. The molecule has 1 fully saturated rings. The van der Waals surface area contributed by atoms with Crippen LogP contribution in [0, 0.1) is 5.82 Å². The van der Waals surface area contributed by atoms with Crippen LogP contribution in [-0.2, 0) is 6.54 Å². The van der Waals surface area contributed by atoms with Crippen LogP contribution in [0.3, 0.4) is 0 Å². The van der Waals surface area contributed by atoms with E-state index in [-0.39, 0.29) is 5.82 Å². The summed E-state index contributed by atoms with van der Waals surface area (Å²) in [5.41, 5.74) is 2.01. The smallest absolute Gasteiger partial charge is 0.127 e. The first-order valence-corrected chi connectivity index (χ1v) is 6.89. The van der Waals surface area contributed by atoms with Gasteiger partial charge in [0.2, 0.25) is 0 Å². The quantitative estimate of drug-likeness (QED) is 0.839. The Hall–Kier alpha value is -1.87. The Morgan fingerprint density at radius 2 is 2.00 bits per heavy atom. The molecule has 2 aromatic carbocycles. The lowest BCUT2D eigenvalue weighted by Crippen LogP contribution is -2.40. The lowest BCUT2D eigenvalue weighted by molar-refractivity contribution is 0.0805. The highest BCUT2D eigenvalue weighted by Gasteiger charge is 2.29. The van der Waals surface area contributed by atoms with E-state index in [9.17, 15) is 4.39 Å². The highest BCUT2D eigenvalue weighted by Crippen LogP contribution is 2.35. The van der Waals surface area contributed by atoms with Gasteiger partial charge in [-0.25, -0.2) is 4.39 Å². The number of likely N-dealkylation sites (tertiary alicyclic amines) is 1. The molecule has 0 saturated carbocycles. The Morgan fingerprint density at radius 3 is 2.65 bits per heavy atom. The summed E-state index contributed by atoms with van der Waals surface area (Å²) in [6.45, 7) is 1.64. The van der Waals surface area contributed by atoms with Crippen LogP contribution in [0.1, 0.15) is 23.6 Å². The van der Waals surface area contributed by atoms with Crippen LogP contribution in [0.4, 0.5) is 4.39 Å². The fourth-order valence-corrected chi connectivity index (χ4v) is 2.70. The summed E-state index contributed by atoms with van der Waals surface area (Å²) >= 11 is 0. The van der Waals surface area contributed by atoms with Crippen molar-refractivity contribution in [3.05, 3.63) is 65.5 Å². The zero-order chi connectivity index (χ0) is 13.9. The molecular formula is C17H18FNO. The second kappa shape index (κ2) is 5.63. The second-order valence-electron chi connectivity index (χ2n) is 5.14. The number of rotatable bonds is 4. The molecule has 1 saturated heterocycles. The minimum atomic E-state index is -0.162. The zero-order valence-corrected chi connectivity index (χ0v) is 11.6. The highest BCUT2D eigenvalue weighted by atomic mass is 19.1. The molecule has 0 spiro atoms. The maximum atomic E-state index is 13.9. The number of halogens is 1. The predicted octanol–water partition coefficient (Wildman–Crippen LogP) is 3.78. The lowest BCUT2D eigenvalue weighted by atomic mass is 9.94. The van der Waals surface area contributed by atoms with E-state index in [0.717, 1.165) is 13.0 Å². The summed E-state index contributed by atoms with van der Waals surface area (Å²) < 4.78 is 19.0. The third kappa shape index (κ3) is 2.54. The van der Waals surface area contributed by atoms with E-state index >= 15 is 0 Å². The first-order chi connectivity index (χ1) is 9.78. The Labute approximate surface area is 118 Å². The third-order valence-electron chi connectivity index (χ3n) is 3.94. The van der Waals surface area contributed by atoms with E-state index < -0.39 is 0 Å². The number of hydrogen-bond acceptors (Lipinski definition) is 2. The van der Waals surface area contributed by atoms with Crippen LogP contribution in [0.2, 0.25) is 0 Å². The molecule has 1 atom stereocenters. The van der Waals surface area contributed by atoms with Gasteiger partial charge in [-0.15, -0.1) is 0 Å². The monoisotopic (exact) mass is 271 g/mol. The van der Waals surface area contributed by atoms with Crippen LogP contribution >= 0.6 is 0 Å². The van der Waals surface area contributed by atoms with Crippen molar-refractivity contribution in [2.45, 2.75) is 19.0 Å². The van der Waals surface area contributed by atoms with Crippen molar-refractivity contribution in [3.8, 4) is 5.75 Å². The number of nitrogens with zero attached hydrogens (tertiary/aromatic N) is 1. The second-order valence-corrected chi connectivity index (χ2v) is 5.14. The van der Waals surface area contributed by atoms with Gasteiger partial charge in [0.15, 0.2) is 0 Å². The summed E-state index contributed by atoms with van der Waals surface area (Å²) in [5, 5.41) is 0. The van der Waals surface area contributed by atoms with E-state index in [4.69, 9.17) is 4.74 Å². The van der Waals surface area contributed by atoms with E-state index in [1.807, 2.05) is 6.07 Å². The number of hydrogen-bond donors (Lipinski definition) is 0. The highest BCUT2D eigenvalue weighted by molar-refractivity contribution is 5.30. The van der Waals surface area contributed by atoms with Gasteiger partial charge >= 0.3 is 0 Å². The van der Waals surface area contributed by atoms with Gasteiger partial charge in [0.05, 0.1) is 7.11 Å². The molecule has 0 aromatic heterocycles. The normalized spacial score (nSPS) is 18.6. The molecule has 104 valence electrons. The summed E-state index contributed by atoms with van der Waals surface area (Å²) in [6, 6.07) is 15.7. The molecule has 0 N–H and O–H groups in total. The van der Waals surface area contributed by atoms with Gasteiger partial charge in [0.25, 0.3) is 0 Å². The minimum Gasteiger partial charge on any atom is -0.497 e. The van der Waals surface area contributed by atoms with E-state index in [1.165, 1.54) is 11.6 Å². The summed E-state index contributed by atoms with van der Waals surface area (Å²) in [5.74, 6) is 0.544. The molecule has 0 aliphatic carbocycles. The molecular weight excluding hydrogens is 253 g/mol. The van der Waals surface area contributed by atoms with E-state index in [1.54, 1.807) is 19.2 Å². The first kappa shape index (κ1) is 13.1. The summed E-state index contributed by atoms with van der Waals surface area (Å²) in [7, 11) is 1.60. The molecule has 1 aliphatic rings. The summed E-state index contributed by atoms with van der Waals surface area (Å²) in [6.07, 6.45) is 1.13. The van der Waals surface area contributed by atoms with Crippen LogP contribution in [-0.4, -0.2) is 18.6 Å². The Morgan fingerprint density at radius 1 is 1.20 bits per heavy atom. The van der Waals surface area contributed by atoms with Crippen LogP contribution in [0.5, 0.6) is 5.75 Å². The molecule has 0 amide bonds. The molecule has 1 heterocycles. The fraction of sp³-hybridized carbons (Fsp3) is 0.294. The van der Waals surface area contributed by atoms with Gasteiger partial charge in [-0.2, -0.15) is 0 Å². The van der Waals surface area contributed by atoms with Gasteiger partial charge in [0, 0.05) is 24.7 Å². The van der Waals surface area contributed by atoms with Crippen molar-refractivity contribution in [1.29, 1.82) is 0 Å². The molecule has 0 radical (unpaired) electrons. The van der Waals surface area contributed by atoms with Crippen molar-refractivity contribution in [2.75, 3.05) is 13.7 Å². The van der Waals surface area contributed by atoms with Gasteiger partial charge in [-0.05, 0) is 30.2 Å². The molecule has 3 heteroatoms. The third-order valence-corrected chi connectivity index (χ3v) is 3.94. The minimum absolute atomic E-state index is 0.162. The average Bonchev–Trinajstić information content (AvgIpc) is 2.46. The van der Waals surface area contributed by atoms with Crippen LogP contribution in [0.15, 0.2) is 48.5 Å².